The highest BCUT2D eigenvalue weighted by Gasteiger charge is 2.27. The summed E-state index contributed by atoms with van der Waals surface area (Å²) in [5.74, 6) is -1.83. The number of carboxylic acid groups (broad SMARTS) is 1. The summed E-state index contributed by atoms with van der Waals surface area (Å²) in [6, 6.07) is 4.42. The van der Waals surface area contributed by atoms with E-state index in [1.807, 2.05) is 0 Å². The Kier molecular flexibility index (Phi) is 5.71. The second-order valence-corrected chi connectivity index (χ2v) is 4.32. The molecule has 1 rings (SSSR count). The molecule has 1 aromatic rings. The van der Waals surface area contributed by atoms with Gasteiger partial charge in [0.05, 0.1) is 24.3 Å². The van der Waals surface area contributed by atoms with E-state index in [1.54, 1.807) is 13.0 Å². The summed E-state index contributed by atoms with van der Waals surface area (Å²) in [5.41, 5.74) is 0.715. The average molecular weight is 305 g/mol. The molecule has 0 saturated heterocycles. The summed E-state index contributed by atoms with van der Waals surface area (Å²) in [6.07, 6.45) is -4.74. The average Bonchev–Trinajstić information content (AvgIpc) is 2.35. The molecule has 0 spiro atoms. The van der Waals surface area contributed by atoms with E-state index in [4.69, 9.17) is 5.11 Å². The third-order valence-corrected chi connectivity index (χ3v) is 2.42. The normalized spacial score (nSPS) is 11.2. The molecule has 8 heteroatoms. The first kappa shape index (κ1) is 17.0. The van der Waals surface area contributed by atoms with Crippen LogP contribution in [0.2, 0.25) is 0 Å². The Morgan fingerprint density at radius 2 is 2.00 bits per heavy atom. The number of rotatable bonds is 6. The zero-order chi connectivity index (χ0) is 16.0. The number of aryl methyl sites for hydroxylation is 1. The van der Waals surface area contributed by atoms with Crippen molar-refractivity contribution in [1.29, 1.82) is 0 Å². The van der Waals surface area contributed by atoms with E-state index in [-0.39, 0.29) is 17.7 Å². The van der Waals surface area contributed by atoms with E-state index in [1.165, 1.54) is 12.1 Å². The lowest BCUT2D eigenvalue weighted by Crippen LogP contribution is -2.20. The molecule has 5 nitrogen and oxygen atoms in total. The quantitative estimate of drug-likeness (QED) is 0.792. The molecule has 0 aromatic heterocycles. The van der Waals surface area contributed by atoms with Crippen molar-refractivity contribution in [3.63, 3.8) is 0 Å². The third kappa shape index (κ3) is 6.26. The molecule has 0 unspecified atom stereocenters. The van der Waals surface area contributed by atoms with Crippen LogP contribution in [0.1, 0.15) is 22.3 Å². The van der Waals surface area contributed by atoms with Gasteiger partial charge in [0.1, 0.15) is 6.61 Å². The molecule has 0 saturated carbocycles. The van der Waals surface area contributed by atoms with Crippen LogP contribution >= 0.6 is 0 Å². The first-order valence-electron chi connectivity index (χ1n) is 5.97. The Balaban J connectivity index is 2.54. The molecule has 116 valence electrons. The lowest BCUT2D eigenvalue weighted by Gasteiger charge is -2.10. The molecule has 0 aliphatic rings. The van der Waals surface area contributed by atoms with E-state index in [2.05, 4.69) is 10.1 Å². The number of ether oxygens (including phenoxy) is 1. The molecule has 0 radical (unpaired) electrons. The second-order valence-electron chi connectivity index (χ2n) is 4.32. The van der Waals surface area contributed by atoms with Crippen LogP contribution in [0.4, 0.5) is 18.9 Å². The topological polar surface area (TPSA) is 75.6 Å². The SMILES string of the molecule is Cc1ccc(NC(=O)CCOCC(F)(F)F)c(C(=O)O)c1. The maximum atomic E-state index is 11.8. The van der Waals surface area contributed by atoms with Crippen molar-refractivity contribution in [2.24, 2.45) is 0 Å². The maximum absolute atomic E-state index is 11.8. The van der Waals surface area contributed by atoms with Gasteiger partial charge in [0.25, 0.3) is 0 Å². The minimum atomic E-state index is -4.44. The number of benzene rings is 1. The number of halogens is 3. The highest BCUT2D eigenvalue weighted by Crippen LogP contribution is 2.18. The molecule has 1 aromatic carbocycles. The molecular formula is C13H14F3NO4. The smallest absolute Gasteiger partial charge is 0.411 e. The van der Waals surface area contributed by atoms with Gasteiger partial charge in [-0.05, 0) is 19.1 Å². The van der Waals surface area contributed by atoms with Gasteiger partial charge in [-0.15, -0.1) is 0 Å². The minimum absolute atomic E-state index is 0.0837. The summed E-state index contributed by atoms with van der Waals surface area (Å²) in [7, 11) is 0. The fraction of sp³-hybridized carbons (Fsp3) is 0.385. The van der Waals surface area contributed by atoms with Gasteiger partial charge in [0, 0.05) is 0 Å². The van der Waals surface area contributed by atoms with E-state index >= 15 is 0 Å². The Labute approximate surface area is 118 Å². The molecular weight excluding hydrogens is 291 g/mol. The number of carbonyl (C=O) groups is 2. The fourth-order valence-electron chi connectivity index (χ4n) is 1.51. The number of hydrogen-bond donors (Lipinski definition) is 2. The summed E-state index contributed by atoms with van der Waals surface area (Å²) < 4.78 is 39.7. The first-order chi connectivity index (χ1) is 9.69. The van der Waals surface area contributed by atoms with Crippen LogP contribution in [0.25, 0.3) is 0 Å². The number of hydrogen-bond acceptors (Lipinski definition) is 3. The number of amides is 1. The summed E-state index contributed by atoms with van der Waals surface area (Å²) in [5, 5.41) is 11.3. The Morgan fingerprint density at radius 1 is 1.33 bits per heavy atom. The van der Waals surface area contributed by atoms with Gasteiger partial charge in [0.15, 0.2) is 0 Å². The van der Waals surface area contributed by atoms with E-state index in [9.17, 15) is 22.8 Å². The number of nitrogens with one attached hydrogen (secondary N) is 1. The zero-order valence-corrected chi connectivity index (χ0v) is 11.2. The number of alkyl halides is 3. The van der Waals surface area contributed by atoms with Gasteiger partial charge >= 0.3 is 12.1 Å². The lowest BCUT2D eigenvalue weighted by atomic mass is 10.1. The highest BCUT2D eigenvalue weighted by atomic mass is 19.4. The van der Waals surface area contributed by atoms with Crippen molar-refractivity contribution in [1.82, 2.24) is 0 Å². The van der Waals surface area contributed by atoms with Gasteiger partial charge in [-0.3, -0.25) is 4.79 Å². The van der Waals surface area contributed by atoms with Crippen LogP contribution < -0.4 is 5.32 Å². The van der Waals surface area contributed by atoms with Crippen molar-refractivity contribution >= 4 is 17.6 Å². The molecule has 2 N–H and O–H groups in total. The van der Waals surface area contributed by atoms with Crippen molar-refractivity contribution in [3.8, 4) is 0 Å². The van der Waals surface area contributed by atoms with Crippen LogP contribution in [0.5, 0.6) is 0 Å². The first-order valence-corrected chi connectivity index (χ1v) is 5.97. The summed E-state index contributed by atoms with van der Waals surface area (Å²) in [6.45, 7) is -0.131. The molecule has 0 fully saturated rings. The van der Waals surface area contributed by atoms with Crippen molar-refractivity contribution in [2.75, 3.05) is 18.5 Å². The van der Waals surface area contributed by atoms with Crippen LogP contribution in [-0.4, -0.2) is 36.4 Å². The maximum Gasteiger partial charge on any atom is 0.411 e. The highest BCUT2D eigenvalue weighted by molar-refractivity contribution is 6.00. The third-order valence-electron chi connectivity index (χ3n) is 2.42. The van der Waals surface area contributed by atoms with E-state index in [0.717, 1.165) is 0 Å². The number of aromatic carboxylic acids is 1. The molecule has 0 bridgehead atoms. The van der Waals surface area contributed by atoms with E-state index < -0.39 is 31.3 Å². The molecule has 0 heterocycles. The predicted molar refractivity (Wildman–Crippen MR) is 68.3 cm³/mol. The van der Waals surface area contributed by atoms with Crippen LogP contribution in [-0.2, 0) is 9.53 Å². The fourth-order valence-corrected chi connectivity index (χ4v) is 1.51. The van der Waals surface area contributed by atoms with E-state index in [0.29, 0.717) is 5.56 Å². The minimum Gasteiger partial charge on any atom is -0.478 e. The second kappa shape index (κ2) is 7.07. The van der Waals surface area contributed by atoms with Crippen molar-refractivity contribution in [2.45, 2.75) is 19.5 Å². The largest absolute Gasteiger partial charge is 0.478 e. The van der Waals surface area contributed by atoms with Crippen molar-refractivity contribution in [3.05, 3.63) is 29.3 Å². The van der Waals surface area contributed by atoms with Crippen LogP contribution in [0.3, 0.4) is 0 Å². The summed E-state index contributed by atoms with van der Waals surface area (Å²) >= 11 is 0. The number of carboxylic acids is 1. The standard InChI is InChI=1S/C13H14F3NO4/c1-8-2-3-10(9(6-8)12(19)20)17-11(18)4-5-21-7-13(14,15)16/h2-3,6H,4-5,7H2,1H3,(H,17,18)(H,19,20). The van der Waals surface area contributed by atoms with Crippen LogP contribution in [0.15, 0.2) is 18.2 Å². The van der Waals surface area contributed by atoms with Gasteiger partial charge < -0.3 is 15.2 Å². The molecule has 0 atom stereocenters. The summed E-state index contributed by atoms with van der Waals surface area (Å²) in [4.78, 5) is 22.6. The molecule has 1 amide bonds. The van der Waals surface area contributed by atoms with Gasteiger partial charge in [0.2, 0.25) is 5.91 Å². The monoisotopic (exact) mass is 305 g/mol. The Morgan fingerprint density at radius 3 is 2.57 bits per heavy atom. The van der Waals surface area contributed by atoms with Gasteiger partial charge in [-0.1, -0.05) is 11.6 Å². The predicted octanol–water partition coefficient (Wildman–Crippen LogP) is 2.60. The van der Waals surface area contributed by atoms with Crippen LogP contribution in [0, 0.1) is 6.92 Å². The number of anilines is 1. The zero-order valence-electron chi connectivity index (χ0n) is 11.2. The molecule has 0 aliphatic carbocycles. The lowest BCUT2D eigenvalue weighted by molar-refractivity contribution is -0.174. The molecule has 21 heavy (non-hydrogen) atoms. The Bertz CT molecular complexity index is 529. The number of carbonyl (C=O) groups excluding carboxylic acids is 1. The van der Waals surface area contributed by atoms with Crippen molar-refractivity contribution < 1.29 is 32.6 Å². The van der Waals surface area contributed by atoms with Gasteiger partial charge in [-0.2, -0.15) is 13.2 Å². The molecule has 0 aliphatic heterocycles. The van der Waals surface area contributed by atoms with Gasteiger partial charge in [-0.25, -0.2) is 4.79 Å². The Hall–Kier alpha value is -2.09.